The average Bonchev–Trinajstić information content (AvgIpc) is 3.20. The van der Waals surface area contributed by atoms with Gasteiger partial charge in [-0.15, -0.1) is 16.4 Å². The number of nitrogens with zero attached hydrogens (tertiary/aromatic N) is 5. The van der Waals surface area contributed by atoms with Crippen molar-refractivity contribution >= 4 is 43.5 Å². The van der Waals surface area contributed by atoms with Crippen LogP contribution in [0.2, 0.25) is 0 Å². The summed E-state index contributed by atoms with van der Waals surface area (Å²) in [5.41, 5.74) is 6.60. The van der Waals surface area contributed by atoms with Crippen molar-refractivity contribution in [2.45, 2.75) is 0 Å². The van der Waals surface area contributed by atoms with E-state index in [2.05, 4.69) is 26.3 Å². The quantitative estimate of drug-likeness (QED) is 0.475. The lowest BCUT2D eigenvalue weighted by atomic mass is 10.2. The Bertz CT molecular complexity index is 1140. The molecule has 0 N–H and O–H groups in total. The molecule has 104 valence electrons. The second-order valence-corrected chi connectivity index (χ2v) is 5.84. The molecule has 3 heterocycles. The molecule has 0 amide bonds. The Morgan fingerprint density at radius 2 is 1.86 bits per heavy atom. The van der Waals surface area contributed by atoms with E-state index in [1.165, 1.54) is 0 Å². The van der Waals surface area contributed by atoms with Crippen molar-refractivity contribution in [3.05, 3.63) is 54.2 Å². The largest absolute Gasteiger partial charge is 0.256 e. The highest BCUT2D eigenvalue weighted by Crippen LogP contribution is 2.29. The van der Waals surface area contributed by atoms with Crippen LogP contribution in [0.3, 0.4) is 0 Å². The van der Waals surface area contributed by atoms with Gasteiger partial charge in [0.2, 0.25) is 0 Å². The molecule has 0 unspecified atom stereocenters. The Morgan fingerprint density at radius 3 is 2.86 bits per heavy atom. The van der Waals surface area contributed by atoms with Gasteiger partial charge in [-0.05, 0) is 24.3 Å². The molecule has 0 aliphatic heterocycles. The number of aromatic nitrogens is 5. The number of para-hydroxylation sites is 1. The first-order valence-electron chi connectivity index (χ1n) is 6.83. The molecule has 0 spiro atoms. The lowest BCUT2D eigenvalue weighted by molar-refractivity contribution is 0.828. The van der Waals surface area contributed by atoms with Crippen LogP contribution in [0, 0.1) is 0 Å². The minimum absolute atomic E-state index is 0.890. The summed E-state index contributed by atoms with van der Waals surface area (Å²) in [5, 5.41) is 9.79. The van der Waals surface area contributed by atoms with Crippen LogP contribution < -0.4 is 0 Å². The van der Waals surface area contributed by atoms with Crippen molar-refractivity contribution in [1.29, 1.82) is 0 Å². The maximum atomic E-state index is 4.40. The average molecular weight is 303 g/mol. The van der Waals surface area contributed by atoms with Gasteiger partial charge in [0.05, 0.1) is 32.4 Å². The summed E-state index contributed by atoms with van der Waals surface area (Å²) in [6.07, 6.45) is 1.80. The normalized spacial score (nSPS) is 11.6. The van der Waals surface area contributed by atoms with Gasteiger partial charge in [0.15, 0.2) is 0 Å². The van der Waals surface area contributed by atoms with Crippen molar-refractivity contribution in [2.24, 2.45) is 0 Å². The Balaban J connectivity index is 1.89. The molecule has 5 nitrogen and oxygen atoms in total. The van der Waals surface area contributed by atoms with Crippen LogP contribution in [0.1, 0.15) is 0 Å². The van der Waals surface area contributed by atoms with Crippen molar-refractivity contribution in [2.75, 3.05) is 0 Å². The predicted octanol–water partition coefficient (Wildman–Crippen LogP) is 3.58. The summed E-state index contributed by atoms with van der Waals surface area (Å²) in [7, 11) is 0. The molecule has 2 aromatic carbocycles. The number of benzene rings is 2. The smallest absolute Gasteiger partial charge is 0.133 e. The standard InChI is InChI=1S/C16H9N5S/c1-2-4-11-10(3-1)13(7-8-17-11)21-14-6-5-12-16(22-9-18-12)15(14)19-20-21/h1-9H. The van der Waals surface area contributed by atoms with Crippen molar-refractivity contribution in [1.82, 2.24) is 25.0 Å². The maximum Gasteiger partial charge on any atom is 0.133 e. The highest BCUT2D eigenvalue weighted by molar-refractivity contribution is 7.17. The maximum absolute atomic E-state index is 4.40. The Kier molecular flexibility index (Phi) is 2.31. The zero-order valence-electron chi connectivity index (χ0n) is 11.3. The van der Waals surface area contributed by atoms with Crippen LogP contribution in [0.25, 0.3) is 37.8 Å². The number of fused-ring (bicyclic) bond motifs is 4. The molecule has 22 heavy (non-hydrogen) atoms. The zero-order chi connectivity index (χ0) is 14.5. The second-order valence-electron chi connectivity index (χ2n) is 4.98. The van der Waals surface area contributed by atoms with E-state index in [4.69, 9.17) is 0 Å². The predicted molar refractivity (Wildman–Crippen MR) is 87.3 cm³/mol. The van der Waals surface area contributed by atoms with Gasteiger partial charge >= 0.3 is 0 Å². The van der Waals surface area contributed by atoms with Crippen LogP contribution >= 0.6 is 11.3 Å². The van der Waals surface area contributed by atoms with Gasteiger partial charge in [-0.2, -0.15) is 0 Å². The number of thiazole rings is 1. The molecule has 0 bridgehead atoms. The minimum Gasteiger partial charge on any atom is -0.256 e. The van der Waals surface area contributed by atoms with E-state index in [9.17, 15) is 0 Å². The van der Waals surface area contributed by atoms with Gasteiger partial charge in [0.25, 0.3) is 0 Å². The molecule has 0 radical (unpaired) electrons. The van der Waals surface area contributed by atoms with E-state index in [0.29, 0.717) is 0 Å². The SMILES string of the molecule is c1ccc2c(-n3nnc4c5scnc5ccc43)ccnc2c1. The third-order valence-electron chi connectivity index (χ3n) is 3.77. The summed E-state index contributed by atoms with van der Waals surface area (Å²) >= 11 is 1.59. The van der Waals surface area contributed by atoms with E-state index in [-0.39, 0.29) is 0 Å². The van der Waals surface area contributed by atoms with Crippen LogP contribution in [0.5, 0.6) is 0 Å². The van der Waals surface area contributed by atoms with Gasteiger partial charge in [0.1, 0.15) is 5.52 Å². The van der Waals surface area contributed by atoms with Gasteiger partial charge in [-0.3, -0.25) is 4.98 Å². The molecular formula is C16H9N5S. The number of rotatable bonds is 1. The first-order valence-corrected chi connectivity index (χ1v) is 7.71. The molecule has 0 saturated carbocycles. The topological polar surface area (TPSA) is 56.5 Å². The number of hydrogen-bond acceptors (Lipinski definition) is 5. The Morgan fingerprint density at radius 1 is 0.909 bits per heavy atom. The third kappa shape index (κ3) is 1.52. The molecule has 5 aromatic rings. The van der Waals surface area contributed by atoms with Gasteiger partial charge in [0, 0.05) is 11.6 Å². The Hall–Kier alpha value is -2.86. The van der Waals surface area contributed by atoms with Crippen molar-refractivity contribution < 1.29 is 0 Å². The number of pyridine rings is 1. The Labute approximate surface area is 128 Å². The fourth-order valence-electron chi connectivity index (χ4n) is 2.75. The monoisotopic (exact) mass is 303 g/mol. The van der Waals surface area contributed by atoms with E-state index >= 15 is 0 Å². The van der Waals surface area contributed by atoms with Gasteiger partial charge in [-0.25, -0.2) is 9.67 Å². The van der Waals surface area contributed by atoms with E-state index in [1.807, 2.05) is 46.6 Å². The molecule has 3 aromatic heterocycles. The van der Waals surface area contributed by atoms with Crippen LogP contribution in [0.4, 0.5) is 0 Å². The van der Waals surface area contributed by atoms with Gasteiger partial charge in [-0.1, -0.05) is 23.4 Å². The minimum atomic E-state index is 0.890. The fourth-order valence-corrected chi connectivity index (χ4v) is 3.52. The van der Waals surface area contributed by atoms with E-state index in [1.54, 1.807) is 17.5 Å². The molecular weight excluding hydrogens is 294 g/mol. The summed E-state index contributed by atoms with van der Waals surface area (Å²) in [5.74, 6) is 0. The molecule has 6 heteroatoms. The number of hydrogen-bond donors (Lipinski definition) is 0. The van der Waals surface area contributed by atoms with Crippen LogP contribution in [-0.4, -0.2) is 25.0 Å². The first-order chi connectivity index (χ1) is 10.9. The molecule has 0 saturated heterocycles. The molecule has 0 atom stereocenters. The van der Waals surface area contributed by atoms with Crippen molar-refractivity contribution in [3.63, 3.8) is 0 Å². The van der Waals surface area contributed by atoms with Crippen molar-refractivity contribution in [3.8, 4) is 5.69 Å². The van der Waals surface area contributed by atoms with Crippen LogP contribution in [0.15, 0.2) is 54.2 Å². The highest BCUT2D eigenvalue weighted by atomic mass is 32.1. The van der Waals surface area contributed by atoms with E-state index in [0.717, 1.165) is 37.8 Å². The molecule has 0 aliphatic rings. The lowest BCUT2D eigenvalue weighted by Gasteiger charge is -2.06. The third-order valence-corrected chi connectivity index (χ3v) is 4.62. The summed E-state index contributed by atoms with van der Waals surface area (Å²) in [6.45, 7) is 0. The summed E-state index contributed by atoms with van der Waals surface area (Å²) in [4.78, 5) is 8.74. The van der Waals surface area contributed by atoms with Crippen LogP contribution in [-0.2, 0) is 0 Å². The molecule has 0 fully saturated rings. The molecule has 5 rings (SSSR count). The second kappa shape index (κ2) is 4.32. The fraction of sp³-hybridized carbons (Fsp3) is 0. The van der Waals surface area contributed by atoms with E-state index < -0.39 is 0 Å². The lowest BCUT2D eigenvalue weighted by Crippen LogP contribution is -1.98. The summed E-state index contributed by atoms with van der Waals surface area (Å²) in [6, 6.07) is 14.0. The first kappa shape index (κ1) is 11.8. The highest BCUT2D eigenvalue weighted by Gasteiger charge is 2.13. The zero-order valence-corrected chi connectivity index (χ0v) is 12.2. The van der Waals surface area contributed by atoms with Gasteiger partial charge < -0.3 is 0 Å². The molecule has 0 aliphatic carbocycles. The summed E-state index contributed by atoms with van der Waals surface area (Å²) < 4.78 is 2.94.